The van der Waals surface area contributed by atoms with E-state index in [1.165, 1.54) is 11.1 Å². The standard InChI is InChI=1S/C14H15NOS/c1-2-11-3-5-12(6-4-11)9-13(10-16)14-15-7-8-17-14/h3-8,10,13H,2,9H2,1H3. The lowest BCUT2D eigenvalue weighted by atomic mass is 10.00. The number of carbonyl (C=O) groups excluding carboxylic acids is 1. The second-order valence-corrected chi connectivity index (χ2v) is 4.91. The highest BCUT2D eigenvalue weighted by atomic mass is 32.1. The van der Waals surface area contributed by atoms with Gasteiger partial charge in [0.15, 0.2) is 0 Å². The summed E-state index contributed by atoms with van der Waals surface area (Å²) in [4.78, 5) is 15.3. The first-order valence-electron chi connectivity index (χ1n) is 5.76. The topological polar surface area (TPSA) is 30.0 Å². The average molecular weight is 245 g/mol. The van der Waals surface area contributed by atoms with Crippen LogP contribution in [-0.2, 0) is 17.6 Å². The Kier molecular flexibility index (Phi) is 4.04. The maximum absolute atomic E-state index is 11.1. The van der Waals surface area contributed by atoms with Crippen molar-refractivity contribution in [1.29, 1.82) is 0 Å². The van der Waals surface area contributed by atoms with E-state index in [0.717, 1.165) is 24.1 Å². The predicted octanol–water partition coefficient (Wildman–Crippen LogP) is 3.23. The molecule has 0 radical (unpaired) electrons. The molecule has 0 bridgehead atoms. The Balaban J connectivity index is 2.10. The fourth-order valence-electron chi connectivity index (χ4n) is 1.78. The van der Waals surface area contributed by atoms with Crippen molar-refractivity contribution in [3.63, 3.8) is 0 Å². The van der Waals surface area contributed by atoms with E-state index in [1.54, 1.807) is 17.5 Å². The first-order chi connectivity index (χ1) is 8.33. The summed E-state index contributed by atoms with van der Waals surface area (Å²) in [5.41, 5.74) is 2.51. The highest BCUT2D eigenvalue weighted by Crippen LogP contribution is 2.21. The molecule has 1 aromatic carbocycles. The number of aryl methyl sites for hydroxylation is 1. The molecule has 2 nitrogen and oxygen atoms in total. The predicted molar refractivity (Wildman–Crippen MR) is 70.4 cm³/mol. The van der Waals surface area contributed by atoms with Crippen molar-refractivity contribution in [1.82, 2.24) is 4.98 Å². The van der Waals surface area contributed by atoms with Crippen LogP contribution >= 0.6 is 11.3 Å². The van der Waals surface area contributed by atoms with Crippen molar-refractivity contribution in [2.45, 2.75) is 25.7 Å². The summed E-state index contributed by atoms with van der Waals surface area (Å²) in [6.07, 6.45) is 4.52. The molecule has 0 fully saturated rings. The molecule has 0 aliphatic rings. The van der Waals surface area contributed by atoms with Gasteiger partial charge in [0.05, 0.1) is 5.92 Å². The average Bonchev–Trinajstić information content (AvgIpc) is 2.90. The van der Waals surface area contributed by atoms with Crippen LogP contribution in [0.3, 0.4) is 0 Å². The van der Waals surface area contributed by atoms with Crippen LogP contribution < -0.4 is 0 Å². The quantitative estimate of drug-likeness (QED) is 0.757. The van der Waals surface area contributed by atoms with E-state index in [0.29, 0.717) is 0 Å². The van der Waals surface area contributed by atoms with Gasteiger partial charge in [0.2, 0.25) is 0 Å². The normalized spacial score (nSPS) is 12.3. The first kappa shape index (κ1) is 12.0. The number of hydrogen-bond donors (Lipinski definition) is 0. The van der Waals surface area contributed by atoms with Gasteiger partial charge in [-0.2, -0.15) is 0 Å². The third kappa shape index (κ3) is 3.01. The Morgan fingerprint density at radius 2 is 2.00 bits per heavy atom. The Morgan fingerprint density at radius 3 is 2.53 bits per heavy atom. The number of thiazole rings is 1. The lowest BCUT2D eigenvalue weighted by molar-refractivity contribution is -0.109. The van der Waals surface area contributed by atoms with Gasteiger partial charge in [0.25, 0.3) is 0 Å². The second kappa shape index (κ2) is 5.73. The van der Waals surface area contributed by atoms with Crippen molar-refractivity contribution in [3.8, 4) is 0 Å². The Hall–Kier alpha value is -1.48. The molecular weight excluding hydrogens is 230 g/mol. The van der Waals surface area contributed by atoms with Gasteiger partial charge in [-0.15, -0.1) is 11.3 Å². The summed E-state index contributed by atoms with van der Waals surface area (Å²) < 4.78 is 0. The number of benzene rings is 1. The number of aromatic nitrogens is 1. The van der Waals surface area contributed by atoms with E-state index in [4.69, 9.17) is 0 Å². The van der Waals surface area contributed by atoms with Gasteiger partial charge in [-0.05, 0) is 24.0 Å². The van der Waals surface area contributed by atoms with Gasteiger partial charge in [-0.1, -0.05) is 31.2 Å². The molecule has 0 saturated heterocycles. The molecule has 1 heterocycles. The third-order valence-corrected chi connectivity index (χ3v) is 3.73. The van der Waals surface area contributed by atoms with Crippen LogP contribution in [0.15, 0.2) is 35.8 Å². The Morgan fingerprint density at radius 1 is 1.29 bits per heavy atom. The lowest BCUT2D eigenvalue weighted by Crippen LogP contribution is -2.03. The highest BCUT2D eigenvalue weighted by molar-refractivity contribution is 7.09. The smallest absolute Gasteiger partial charge is 0.130 e. The molecule has 0 amide bonds. The molecule has 1 unspecified atom stereocenters. The molecular formula is C14H15NOS. The molecule has 0 aliphatic heterocycles. The van der Waals surface area contributed by atoms with Crippen molar-refractivity contribution in [2.24, 2.45) is 0 Å². The summed E-state index contributed by atoms with van der Waals surface area (Å²) in [7, 11) is 0. The van der Waals surface area contributed by atoms with E-state index in [1.807, 2.05) is 5.38 Å². The Labute approximate surface area is 105 Å². The van der Waals surface area contributed by atoms with Gasteiger partial charge >= 0.3 is 0 Å². The maximum atomic E-state index is 11.1. The van der Waals surface area contributed by atoms with Crippen molar-refractivity contribution < 1.29 is 4.79 Å². The minimum Gasteiger partial charge on any atom is -0.303 e. The summed E-state index contributed by atoms with van der Waals surface area (Å²) >= 11 is 1.54. The van der Waals surface area contributed by atoms with Crippen LogP contribution in [0, 0.1) is 0 Å². The number of nitrogens with zero attached hydrogens (tertiary/aromatic N) is 1. The summed E-state index contributed by atoms with van der Waals surface area (Å²) in [5.74, 6) is -0.109. The van der Waals surface area contributed by atoms with Crippen LogP contribution in [0.25, 0.3) is 0 Å². The number of hydrogen-bond acceptors (Lipinski definition) is 3. The van der Waals surface area contributed by atoms with Crippen LogP contribution in [0.5, 0.6) is 0 Å². The lowest BCUT2D eigenvalue weighted by Gasteiger charge is -2.07. The summed E-state index contributed by atoms with van der Waals surface area (Å²) in [5, 5.41) is 2.81. The van der Waals surface area contributed by atoms with Gasteiger partial charge in [0, 0.05) is 11.6 Å². The molecule has 17 heavy (non-hydrogen) atoms. The fourth-order valence-corrected chi connectivity index (χ4v) is 2.47. The molecule has 0 N–H and O–H groups in total. The fraction of sp³-hybridized carbons (Fsp3) is 0.286. The van der Waals surface area contributed by atoms with Crippen molar-refractivity contribution >= 4 is 17.6 Å². The molecule has 0 saturated carbocycles. The van der Waals surface area contributed by atoms with Crippen LogP contribution in [0.1, 0.15) is 29.0 Å². The van der Waals surface area contributed by atoms with E-state index in [9.17, 15) is 4.79 Å². The second-order valence-electron chi connectivity index (χ2n) is 3.99. The van der Waals surface area contributed by atoms with Crippen molar-refractivity contribution in [2.75, 3.05) is 0 Å². The van der Waals surface area contributed by atoms with Crippen molar-refractivity contribution in [3.05, 3.63) is 52.0 Å². The third-order valence-electron chi connectivity index (χ3n) is 2.82. The summed E-state index contributed by atoms with van der Waals surface area (Å²) in [6, 6.07) is 8.45. The minimum atomic E-state index is -0.109. The largest absolute Gasteiger partial charge is 0.303 e. The molecule has 2 rings (SSSR count). The first-order valence-corrected chi connectivity index (χ1v) is 6.64. The van der Waals surface area contributed by atoms with Gasteiger partial charge in [0.1, 0.15) is 11.3 Å². The number of aldehydes is 1. The van der Waals surface area contributed by atoms with E-state index >= 15 is 0 Å². The molecule has 1 atom stereocenters. The van der Waals surface area contributed by atoms with E-state index in [-0.39, 0.29) is 5.92 Å². The molecule has 1 aromatic heterocycles. The molecule has 0 aliphatic carbocycles. The highest BCUT2D eigenvalue weighted by Gasteiger charge is 2.13. The SMILES string of the molecule is CCc1ccc(CC(C=O)c2nccs2)cc1. The van der Waals surface area contributed by atoms with Crippen LogP contribution in [0.2, 0.25) is 0 Å². The van der Waals surface area contributed by atoms with E-state index in [2.05, 4.69) is 36.2 Å². The summed E-state index contributed by atoms with van der Waals surface area (Å²) in [6.45, 7) is 2.14. The van der Waals surface area contributed by atoms with Crippen LogP contribution in [0.4, 0.5) is 0 Å². The molecule has 2 aromatic rings. The number of carbonyl (C=O) groups is 1. The molecule has 0 spiro atoms. The number of rotatable bonds is 5. The van der Waals surface area contributed by atoms with E-state index < -0.39 is 0 Å². The van der Waals surface area contributed by atoms with Gasteiger partial charge < -0.3 is 4.79 Å². The Bertz CT molecular complexity index is 461. The zero-order valence-corrected chi connectivity index (χ0v) is 10.6. The molecule has 3 heteroatoms. The van der Waals surface area contributed by atoms with Gasteiger partial charge in [-0.3, -0.25) is 0 Å². The maximum Gasteiger partial charge on any atom is 0.130 e. The zero-order valence-electron chi connectivity index (χ0n) is 9.80. The minimum absolute atomic E-state index is 0.109. The molecule has 88 valence electrons. The van der Waals surface area contributed by atoms with Gasteiger partial charge in [-0.25, -0.2) is 4.98 Å². The zero-order chi connectivity index (χ0) is 12.1. The van der Waals surface area contributed by atoms with Crippen LogP contribution in [-0.4, -0.2) is 11.3 Å². The monoisotopic (exact) mass is 245 g/mol.